The van der Waals surface area contributed by atoms with Crippen molar-refractivity contribution in [3.8, 4) is 0 Å². The number of nitrogens with zero attached hydrogens (tertiary/aromatic N) is 2. The van der Waals surface area contributed by atoms with E-state index < -0.39 is 16.1 Å². The molecule has 2 rings (SSSR count). The highest BCUT2D eigenvalue weighted by molar-refractivity contribution is 7.89. The van der Waals surface area contributed by atoms with Gasteiger partial charge in [-0.1, -0.05) is 13.3 Å². The van der Waals surface area contributed by atoms with Gasteiger partial charge in [-0.25, -0.2) is 8.42 Å². The molecule has 7 heteroatoms. The fourth-order valence-corrected chi connectivity index (χ4v) is 5.02. The van der Waals surface area contributed by atoms with Gasteiger partial charge in [0.2, 0.25) is 15.9 Å². The Kier molecular flexibility index (Phi) is 5.50. The Labute approximate surface area is 133 Å². The SMILES string of the molecule is CCCS(=O)(=O)N1CCCCC1C(=O)N1CCOC(C)(C)C1. The van der Waals surface area contributed by atoms with Crippen molar-refractivity contribution in [2.24, 2.45) is 0 Å². The summed E-state index contributed by atoms with van der Waals surface area (Å²) in [5.41, 5.74) is -0.365. The molecule has 1 atom stereocenters. The predicted octanol–water partition coefficient (Wildman–Crippen LogP) is 1.22. The largest absolute Gasteiger partial charge is 0.372 e. The van der Waals surface area contributed by atoms with Crippen LogP contribution in [0.5, 0.6) is 0 Å². The molecule has 0 saturated carbocycles. The lowest BCUT2D eigenvalue weighted by Gasteiger charge is -2.42. The molecule has 0 N–H and O–H groups in total. The normalized spacial score (nSPS) is 26.9. The minimum absolute atomic E-state index is 0.0595. The standard InChI is InChI=1S/C15H28N2O4S/c1-4-11-22(19,20)17-8-6-5-7-13(17)14(18)16-9-10-21-15(2,3)12-16/h13H,4-12H2,1-3H3. The third-order valence-electron chi connectivity index (χ3n) is 4.30. The summed E-state index contributed by atoms with van der Waals surface area (Å²) in [4.78, 5) is 14.6. The van der Waals surface area contributed by atoms with Crippen molar-refractivity contribution in [3.05, 3.63) is 0 Å². The molecule has 1 amide bonds. The highest BCUT2D eigenvalue weighted by Crippen LogP contribution is 2.25. The van der Waals surface area contributed by atoms with E-state index in [0.29, 0.717) is 39.1 Å². The second kappa shape index (κ2) is 6.84. The van der Waals surface area contributed by atoms with E-state index in [4.69, 9.17) is 4.74 Å². The number of sulfonamides is 1. The van der Waals surface area contributed by atoms with Crippen LogP contribution in [0.25, 0.3) is 0 Å². The first kappa shape index (κ1) is 17.7. The van der Waals surface area contributed by atoms with E-state index in [0.717, 1.165) is 12.8 Å². The topological polar surface area (TPSA) is 66.9 Å². The third-order valence-corrected chi connectivity index (χ3v) is 6.37. The van der Waals surface area contributed by atoms with Crippen LogP contribution >= 0.6 is 0 Å². The number of hydrogen-bond acceptors (Lipinski definition) is 4. The van der Waals surface area contributed by atoms with E-state index in [9.17, 15) is 13.2 Å². The smallest absolute Gasteiger partial charge is 0.241 e. The zero-order valence-electron chi connectivity index (χ0n) is 13.9. The quantitative estimate of drug-likeness (QED) is 0.776. The van der Waals surface area contributed by atoms with Crippen molar-refractivity contribution in [1.82, 2.24) is 9.21 Å². The first-order valence-electron chi connectivity index (χ1n) is 8.19. The van der Waals surface area contributed by atoms with Crippen molar-refractivity contribution in [3.63, 3.8) is 0 Å². The summed E-state index contributed by atoms with van der Waals surface area (Å²) in [6, 6.07) is -0.529. The molecule has 0 aromatic carbocycles. The average Bonchev–Trinajstić information content (AvgIpc) is 2.45. The van der Waals surface area contributed by atoms with Crippen LogP contribution in [0.1, 0.15) is 46.5 Å². The maximum atomic E-state index is 12.9. The molecular formula is C15H28N2O4S. The van der Waals surface area contributed by atoms with Crippen molar-refractivity contribution >= 4 is 15.9 Å². The van der Waals surface area contributed by atoms with Crippen molar-refractivity contribution in [2.75, 3.05) is 32.0 Å². The van der Waals surface area contributed by atoms with E-state index in [1.807, 2.05) is 20.8 Å². The zero-order valence-corrected chi connectivity index (χ0v) is 14.7. The van der Waals surface area contributed by atoms with Gasteiger partial charge in [0, 0.05) is 19.6 Å². The molecule has 2 saturated heterocycles. The van der Waals surface area contributed by atoms with Gasteiger partial charge in [-0.2, -0.15) is 4.31 Å². The van der Waals surface area contributed by atoms with E-state index in [1.165, 1.54) is 4.31 Å². The Morgan fingerprint density at radius 2 is 2.00 bits per heavy atom. The molecule has 0 aromatic heterocycles. The minimum Gasteiger partial charge on any atom is -0.372 e. The van der Waals surface area contributed by atoms with Crippen LogP contribution in [0, 0.1) is 0 Å². The van der Waals surface area contributed by atoms with Crippen molar-refractivity contribution in [1.29, 1.82) is 0 Å². The van der Waals surface area contributed by atoms with Gasteiger partial charge in [0.05, 0.1) is 18.0 Å². The summed E-state index contributed by atoms with van der Waals surface area (Å²) in [5, 5.41) is 0. The van der Waals surface area contributed by atoms with Gasteiger partial charge in [-0.05, 0) is 33.1 Å². The third kappa shape index (κ3) is 4.00. The Morgan fingerprint density at radius 3 is 2.64 bits per heavy atom. The number of hydrogen-bond donors (Lipinski definition) is 0. The van der Waals surface area contributed by atoms with Crippen LogP contribution in [0.15, 0.2) is 0 Å². The van der Waals surface area contributed by atoms with Gasteiger partial charge in [-0.15, -0.1) is 0 Å². The van der Waals surface area contributed by atoms with Crippen molar-refractivity contribution in [2.45, 2.75) is 58.1 Å². The molecule has 6 nitrogen and oxygen atoms in total. The van der Waals surface area contributed by atoms with E-state index >= 15 is 0 Å². The second-order valence-electron chi connectivity index (χ2n) is 6.81. The summed E-state index contributed by atoms with van der Waals surface area (Å²) in [6.45, 7) is 7.80. The number of rotatable bonds is 4. The molecule has 0 aromatic rings. The number of ether oxygens (including phenoxy) is 1. The molecule has 128 valence electrons. The Morgan fingerprint density at radius 1 is 1.27 bits per heavy atom. The van der Waals surface area contributed by atoms with E-state index in [1.54, 1.807) is 4.90 Å². The molecule has 0 aliphatic carbocycles. The number of carbonyl (C=O) groups excluding carboxylic acids is 1. The summed E-state index contributed by atoms with van der Waals surface area (Å²) >= 11 is 0. The maximum Gasteiger partial charge on any atom is 0.241 e. The highest BCUT2D eigenvalue weighted by Gasteiger charge is 2.40. The molecule has 2 fully saturated rings. The van der Waals surface area contributed by atoms with Gasteiger partial charge < -0.3 is 9.64 Å². The number of carbonyl (C=O) groups is 1. The van der Waals surface area contributed by atoms with Gasteiger partial charge >= 0.3 is 0 Å². The summed E-state index contributed by atoms with van der Waals surface area (Å²) in [7, 11) is -3.34. The van der Waals surface area contributed by atoms with Crippen LogP contribution in [-0.4, -0.2) is 67.2 Å². The molecule has 2 aliphatic rings. The maximum absolute atomic E-state index is 12.9. The molecule has 1 unspecified atom stereocenters. The number of amides is 1. The van der Waals surface area contributed by atoms with Crippen LogP contribution in [0.3, 0.4) is 0 Å². The predicted molar refractivity (Wildman–Crippen MR) is 85.0 cm³/mol. The Hall–Kier alpha value is -0.660. The lowest BCUT2D eigenvalue weighted by molar-refractivity contribution is -0.150. The molecule has 0 radical (unpaired) electrons. The molecule has 22 heavy (non-hydrogen) atoms. The summed E-state index contributed by atoms with van der Waals surface area (Å²) in [5.74, 6) is 0.0570. The zero-order chi connectivity index (χ0) is 16.4. The molecule has 0 bridgehead atoms. The lowest BCUT2D eigenvalue weighted by Crippen LogP contribution is -2.58. The van der Waals surface area contributed by atoms with Crippen LogP contribution < -0.4 is 0 Å². The van der Waals surface area contributed by atoms with E-state index in [-0.39, 0.29) is 17.3 Å². The number of morpholine rings is 1. The summed E-state index contributed by atoms with van der Waals surface area (Å²) < 4.78 is 32.0. The fourth-order valence-electron chi connectivity index (χ4n) is 3.28. The fraction of sp³-hybridized carbons (Fsp3) is 0.933. The van der Waals surface area contributed by atoms with Gasteiger partial charge in [-0.3, -0.25) is 4.79 Å². The Balaban J connectivity index is 2.15. The lowest BCUT2D eigenvalue weighted by atomic mass is 10.0. The van der Waals surface area contributed by atoms with Gasteiger partial charge in [0.15, 0.2) is 0 Å². The first-order valence-corrected chi connectivity index (χ1v) is 9.80. The molecular weight excluding hydrogens is 304 g/mol. The molecule has 2 heterocycles. The Bertz CT molecular complexity index is 504. The van der Waals surface area contributed by atoms with Crippen LogP contribution in [-0.2, 0) is 19.6 Å². The van der Waals surface area contributed by atoms with Crippen LogP contribution in [0.4, 0.5) is 0 Å². The van der Waals surface area contributed by atoms with Gasteiger partial charge in [0.1, 0.15) is 6.04 Å². The minimum atomic E-state index is -3.34. The molecule has 2 aliphatic heterocycles. The van der Waals surface area contributed by atoms with Crippen LogP contribution in [0.2, 0.25) is 0 Å². The van der Waals surface area contributed by atoms with Gasteiger partial charge in [0.25, 0.3) is 0 Å². The summed E-state index contributed by atoms with van der Waals surface area (Å²) in [6.07, 6.45) is 2.94. The average molecular weight is 332 g/mol. The second-order valence-corrected chi connectivity index (χ2v) is 8.85. The number of piperidine rings is 1. The highest BCUT2D eigenvalue weighted by atomic mass is 32.2. The first-order chi connectivity index (χ1) is 10.3. The van der Waals surface area contributed by atoms with Crippen molar-refractivity contribution < 1.29 is 17.9 Å². The molecule has 0 spiro atoms. The monoisotopic (exact) mass is 332 g/mol. The van der Waals surface area contributed by atoms with E-state index in [2.05, 4.69) is 0 Å².